The van der Waals surface area contributed by atoms with Crippen molar-refractivity contribution in [3.05, 3.63) is 59.4 Å². The number of nitrogens with two attached hydrogens (primary N) is 1. The molecule has 3 rings (SSSR count). The zero-order valence-electron chi connectivity index (χ0n) is 12.0. The maximum atomic E-state index is 6.33. The second-order valence-corrected chi connectivity index (χ2v) is 6.02. The average Bonchev–Trinajstić information content (AvgIpc) is 2.56. The van der Waals surface area contributed by atoms with Gasteiger partial charge in [-0.15, -0.1) is 11.8 Å². The van der Waals surface area contributed by atoms with Crippen LogP contribution in [-0.2, 0) is 6.61 Å². The first-order valence-corrected chi connectivity index (χ1v) is 8.37. The Bertz CT molecular complexity index is 818. The number of pyridine rings is 1. The molecule has 22 heavy (non-hydrogen) atoms. The Hall–Kier alpha value is -1.91. The summed E-state index contributed by atoms with van der Waals surface area (Å²) >= 11 is 7.96. The molecule has 0 aliphatic heterocycles. The third kappa shape index (κ3) is 2.85. The van der Waals surface area contributed by atoms with Crippen LogP contribution in [0.3, 0.4) is 0 Å². The van der Waals surface area contributed by atoms with Crippen molar-refractivity contribution in [3.63, 3.8) is 0 Å². The number of fused-ring (bicyclic) bond motifs is 1. The minimum atomic E-state index is 0.376. The summed E-state index contributed by atoms with van der Waals surface area (Å²) in [6.07, 6.45) is 5.59. The number of rotatable bonds is 4. The van der Waals surface area contributed by atoms with Crippen molar-refractivity contribution < 1.29 is 4.74 Å². The summed E-state index contributed by atoms with van der Waals surface area (Å²) in [6, 6.07) is 11.6. The van der Waals surface area contributed by atoms with Crippen LogP contribution in [0, 0.1) is 0 Å². The van der Waals surface area contributed by atoms with E-state index in [4.69, 9.17) is 22.1 Å². The van der Waals surface area contributed by atoms with E-state index in [0.717, 1.165) is 27.0 Å². The Morgan fingerprint density at radius 1 is 1.23 bits per heavy atom. The molecule has 0 bridgehead atoms. The molecule has 0 amide bonds. The fourth-order valence-corrected chi connectivity index (χ4v) is 3.20. The third-order valence-corrected chi connectivity index (χ3v) is 4.73. The number of aromatic nitrogens is 1. The van der Waals surface area contributed by atoms with E-state index in [1.165, 1.54) is 0 Å². The van der Waals surface area contributed by atoms with Crippen molar-refractivity contribution in [1.29, 1.82) is 0 Å². The number of anilines is 1. The van der Waals surface area contributed by atoms with Crippen molar-refractivity contribution in [3.8, 4) is 5.75 Å². The van der Waals surface area contributed by atoms with E-state index in [0.29, 0.717) is 17.3 Å². The van der Waals surface area contributed by atoms with Gasteiger partial charge in [0.05, 0.1) is 10.7 Å². The monoisotopic (exact) mass is 330 g/mol. The van der Waals surface area contributed by atoms with Gasteiger partial charge in [0.2, 0.25) is 0 Å². The summed E-state index contributed by atoms with van der Waals surface area (Å²) in [5, 5.41) is 2.64. The maximum Gasteiger partial charge on any atom is 0.127 e. The molecule has 0 saturated heterocycles. The molecule has 0 fully saturated rings. The molecule has 0 atom stereocenters. The van der Waals surface area contributed by atoms with Gasteiger partial charge in [0.15, 0.2) is 0 Å². The van der Waals surface area contributed by atoms with E-state index in [2.05, 4.69) is 4.98 Å². The van der Waals surface area contributed by atoms with Crippen LogP contribution in [0.25, 0.3) is 10.8 Å². The fourth-order valence-electron chi connectivity index (χ4n) is 2.32. The number of benzene rings is 2. The molecule has 1 heterocycles. The molecule has 5 heteroatoms. The van der Waals surface area contributed by atoms with E-state index in [1.54, 1.807) is 18.0 Å². The van der Waals surface area contributed by atoms with Crippen LogP contribution < -0.4 is 10.5 Å². The molecular formula is C17H15ClN2OS. The number of thioether (sulfide) groups is 1. The molecule has 0 spiro atoms. The van der Waals surface area contributed by atoms with E-state index in [1.807, 2.05) is 48.9 Å². The first-order valence-electron chi connectivity index (χ1n) is 6.77. The van der Waals surface area contributed by atoms with Gasteiger partial charge in [0.1, 0.15) is 12.4 Å². The van der Waals surface area contributed by atoms with Crippen molar-refractivity contribution in [2.75, 3.05) is 12.0 Å². The Morgan fingerprint density at radius 3 is 2.91 bits per heavy atom. The SMILES string of the molecule is CSc1ccc(N)c(Cl)c1COc1cccc2cnccc12. The van der Waals surface area contributed by atoms with Gasteiger partial charge in [-0.2, -0.15) is 0 Å². The molecule has 0 aliphatic rings. The highest BCUT2D eigenvalue weighted by atomic mass is 35.5. The normalized spacial score (nSPS) is 10.8. The van der Waals surface area contributed by atoms with Gasteiger partial charge in [-0.25, -0.2) is 0 Å². The third-order valence-electron chi connectivity index (χ3n) is 3.46. The zero-order valence-corrected chi connectivity index (χ0v) is 13.6. The van der Waals surface area contributed by atoms with Crippen molar-refractivity contribution in [2.45, 2.75) is 11.5 Å². The summed E-state index contributed by atoms with van der Waals surface area (Å²) in [5.41, 5.74) is 7.39. The van der Waals surface area contributed by atoms with Gasteiger partial charge >= 0.3 is 0 Å². The van der Waals surface area contributed by atoms with Gasteiger partial charge in [-0.05, 0) is 30.5 Å². The van der Waals surface area contributed by atoms with Gasteiger partial charge in [0.25, 0.3) is 0 Å². The van der Waals surface area contributed by atoms with Gasteiger partial charge < -0.3 is 10.5 Å². The lowest BCUT2D eigenvalue weighted by atomic mass is 10.1. The lowest BCUT2D eigenvalue weighted by Gasteiger charge is -2.14. The van der Waals surface area contributed by atoms with Gasteiger partial charge in [0, 0.05) is 33.6 Å². The minimum Gasteiger partial charge on any atom is -0.488 e. The van der Waals surface area contributed by atoms with Crippen LogP contribution in [0.5, 0.6) is 5.75 Å². The lowest BCUT2D eigenvalue weighted by molar-refractivity contribution is 0.307. The van der Waals surface area contributed by atoms with Crippen LogP contribution in [-0.4, -0.2) is 11.2 Å². The van der Waals surface area contributed by atoms with Crippen LogP contribution in [0.15, 0.2) is 53.7 Å². The summed E-state index contributed by atoms with van der Waals surface area (Å²) in [4.78, 5) is 5.20. The molecule has 0 unspecified atom stereocenters. The molecule has 0 saturated carbocycles. The lowest BCUT2D eigenvalue weighted by Crippen LogP contribution is -2.01. The highest BCUT2D eigenvalue weighted by Crippen LogP contribution is 2.33. The second kappa shape index (κ2) is 6.46. The molecule has 0 radical (unpaired) electrons. The van der Waals surface area contributed by atoms with E-state index in [9.17, 15) is 0 Å². The fraction of sp³-hybridized carbons (Fsp3) is 0.118. The van der Waals surface area contributed by atoms with E-state index >= 15 is 0 Å². The average molecular weight is 331 g/mol. The number of hydrogen-bond donors (Lipinski definition) is 1. The minimum absolute atomic E-state index is 0.376. The van der Waals surface area contributed by atoms with Crippen molar-refractivity contribution >= 4 is 39.8 Å². The molecule has 2 aromatic carbocycles. The number of nitrogens with zero attached hydrogens (tertiary/aromatic N) is 1. The van der Waals surface area contributed by atoms with E-state index < -0.39 is 0 Å². The highest BCUT2D eigenvalue weighted by Gasteiger charge is 2.11. The Balaban J connectivity index is 1.93. The predicted molar refractivity (Wildman–Crippen MR) is 93.7 cm³/mol. The summed E-state index contributed by atoms with van der Waals surface area (Å²) in [6.45, 7) is 0.376. The van der Waals surface area contributed by atoms with Crippen LogP contribution >= 0.6 is 23.4 Å². The zero-order chi connectivity index (χ0) is 15.5. The molecule has 1 aromatic heterocycles. The van der Waals surface area contributed by atoms with Gasteiger partial charge in [-0.3, -0.25) is 4.98 Å². The van der Waals surface area contributed by atoms with Crippen LogP contribution in [0.4, 0.5) is 5.69 Å². The summed E-state index contributed by atoms with van der Waals surface area (Å²) in [7, 11) is 0. The first kappa shape index (κ1) is 15.0. The number of nitrogen functional groups attached to an aromatic ring is 1. The summed E-state index contributed by atoms with van der Waals surface area (Å²) < 4.78 is 6.00. The topological polar surface area (TPSA) is 48.1 Å². The molecule has 3 nitrogen and oxygen atoms in total. The first-order chi connectivity index (χ1) is 10.7. The molecule has 3 aromatic rings. The molecule has 0 aliphatic carbocycles. The Kier molecular flexibility index (Phi) is 4.41. The quantitative estimate of drug-likeness (QED) is 0.553. The van der Waals surface area contributed by atoms with Crippen LogP contribution in [0.1, 0.15) is 5.56 Å². The second-order valence-electron chi connectivity index (χ2n) is 4.79. The maximum absolute atomic E-state index is 6.33. The number of hydrogen-bond acceptors (Lipinski definition) is 4. The Morgan fingerprint density at radius 2 is 2.09 bits per heavy atom. The van der Waals surface area contributed by atoms with Crippen molar-refractivity contribution in [2.24, 2.45) is 0 Å². The molecule has 2 N–H and O–H groups in total. The van der Waals surface area contributed by atoms with Crippen LogP contribution in [0.2, 0.25) is 5.02 Å². The number of halogens is 1. The molecular weight excluding hydrogens is 316 g/mol. The van der Waals surface area contributed by atoms with E-state index in [-0.39, 0.29) is 0 Å². The van der Waals surface area contributed by atoms with Crippen molar-refractivity contribution in [1.82, 2.24) is 4.98 Å². The van der Waals surface area contributed by atoms with Gasteiger partial charge in [-0.1, -0.05) is 23.7 Å². The molecule has 112 valence electrons. The highest BCUT2D eigenvalue weighted by molar-refractivity contribution is 7.98. The largest absolute Gasteiger partial charge is 0.488 e. The number of ether oxygens (including phenoxy) is 1. The summed E-state index contributed by atoms with van der Waals surface area (Å²) in [5.74, 6) is 0.811. The Labute approximate surface area is 138 Å². The predicted octanol–water partition coefficient (Wildman–Crippen LogP) is 4.77. The standard InChI is InChI=1S/C17H15ClN2OS/c1-22-16-6-5-14(19)17(18)13(16)10-21-15-4-2-3-11-9-20-8-7-12(11)15/h2-9H,10,19H2,1H3. The smallest absolute Gasteiger partial charge is 0.127 e.